The van der Waals surface area contributed by atoms with Crippen molar-refractivity contribution in [3.63, 3.8) is 0 Å². The van der Waals surface area contributed by atoms with E-state index in [1.807, 2.05) is 12.1 Å². The maximum Gasteiger partial charge on any atom is 0.251 e. The van der Waals surface area contributed by atoms with Gasteiger partial charge in [-0.05, 0) is 49.0 Å². The summed E-state index contributed by atoms with van der Waals surface area (Å²) < 4.78 is 37.8. The second-order valence-electron chi connectivity index (χ2n) is 6.35. The van der Waals surface area contributed by atoms with Gasteiger partial charge in [0, 0.05) is 14.1 Å². The molecule has 1 aromatic heterocycles. The Morgan fingerprint density at radius 1 is 1.35 bits per heavy atom. The van der Waals surface area contributed by atoms with Gasteiger partial charge in [-0.1, -0.05) is 12.1 Å². The van der Waals surface area contributed by atoms with Crippen molar-refractivity contribution >= 4 is 16.8 Å². The highest BCUT2D eigenvalue weighted by Crippen LogP contribution is 2.27. The van der Waals surface area contributed by atoms with E-state index < -0.39 is 23.4 Å². The van der Waals surface area contributed by atoms with E-state index in [0.29, 0.717) is 12.2 Å². The molecular formula is C19H18F2N4O. The normalized spacial score (nSPS) is 20.9. The number of nitrogens with two attached hydrogens (primary N) is 1. The topological polar surface area (TPSA) is 72.9 Å². The van der Waals surface area contributed by atoms with Crippen LogP contribution in [0.1, 0.15) is 36.0 Å². The van der Waals surface area contributed by atoms with E-state index in [0.717, 1.165) is 31.0 Å². The number of carbonyl (C=O) groups excluding carboxylic acids is 1. The molecule has 0 saturated carbocycles. The maximum atomic E-state index is 14.1. The van der Waals surface area contributed by atoms with Gasteiger partial charge in [-0.2, -0.15) is 5.10 Å². The predicted molar refractivity (Wildman–Crippen MR) is 94.3 cm³/mol. The number of nitrogens with one attached hydrogen (secondary N) is 1. The Morgan fingerprint density at radius 2 is 2.12 bits per heavy atom. The number of amides is 1. The standard InChI is InChI=1S/C19H18F2N4O/c20-16-8-14(19(22)26)18-15(17(16)21)10-25(24-18)13-5-3-11(4-6-13)12-2-1-7-23-9-12/h3-6,8,10,12,23H,1-2,7,9H2,(H2,22,26)/i12D. The van der Waals surface area contributed by atoms with Crippen LogP contribution >= 0.6 is 0 Å². The molecule has 134 valence electrons. The minimum Gasteiger partial charge on any atom is -0.366 e. The number of rotatable bonds is 3. The second kappa shape index (κ2) is 6.49. The number of nitrogens with zero attached hydrogens (tertiary/aromatic N) is 2. The number of aromatic nitrogens is 2. The van der Waals surface area contributed by atoms with Crippen LogP contribution in [0.2, 0.25) is 0 Å². The summed E-state index contributed by atoms with van der Waals surface area (Å²) in [6.45, 7) is 1.51. The predicted octanol–water partition coefficient (Wildman–Crippen LogP) is 2.87. The van der Waals surface area contributed by atoms with Gasteiger partial charge in [0.1, 0.15) is 5.52 Å². The lowest BCUT2D eigenvalue weighted by Crippen LogP contribution is -2.28. The van der Waals surface area contributed by atoms with E-state index in [2.05, 4.69) is 10.4 Å². The number of piperidine rings is 1. The zero-order chi connectivity index (χ0) is 19.2. The van der Waals surface area contributed by atoms with Crippen molar-refractivity contribution in [2.45, 2.75) is 18.7 Å². The van der Waals surface area contributed by atoms with Gasteiger partial charge in [0.25, 0.3) is 5.91 Å². The SMILES string of the molecule is [2H]C1(c2ccc(-n3cc4c(F)c(F)cc(C(N)=O)c4n3)cc2)CCCNC1. The van der Waals surface area contributed by atoms with Gasteiger partial charge in [-0.15, -0.1) is 0 Å². The van der Waals surface area contributed by atoms with Gasteiger partial charge in [-0.25, -0.2) is 13.5 Å². The van der Waals surface area contributed by atoms with Gasteiger partial charge in [0.15, 0.2) is 11.6 Å². The largest absolute Gasteiger partial charge is 0.366 e. The quantitative estimate of drug-likeness (QED) is 0.757. The van der Waals surface area contributed by atoms with Crippen LogP contribution in [0, 0.1) is 11.6 Å². The molecule has 1 saturated heterocycles. The number of carbonyl (C=O) groups is 1. The Hall–Kier alpha value is -2.80. The third-order valence-electron chi connectivity index (χ3n) is 4.66. The summed E-state index contributed by atoms with van der Waals surface area (Å²) in [6, 6.07) is 7.98. The van der Waals surface area contributed by atoms with E-state index in [1.54, 1.807) is 12.1 Å². The summed E-state index contributed by atoms with van der Waals surface area (Å²) in [4.78, 5) is 11.5. The third-order valence-corrected chi connectivity index (χ3v) is 4.66. The summed E-state index contributed by atoms with van der Waals surface area (Å²) in [5.74, 6) is -3.77. The van der Waals surface area contributed by atoms with Gasteiger partial charge in [0.2, 0.25) is 0 Å². The van der Waals surface area contributed by atoms with Crippen LogP contribution in [0.25, 0.3) is 16.6 Å². The van der Waals surface area contributed by atoms with Crippen molar-refractivity contribution < 1.29 is 14.9 Å². The number of benzene rings is 2. The first-order chi connectivity index (χ1) is 12.9. The molecule has 3 N–H and O–H groups in total. The minimum absolute atomic E-state index is 0.0129. The average molecular weight is 357 g/mol. The van der Waals surface area contributed by atoms with Crippen LogP contribution in [0.4, 0.5) is 8.78 Å². The lowest BCUT2D eigenvalue weighted by Gasteiger charge is -2.23. The van der Waals surface area contributed by atoms with Crippen molar-refractivity contribution in [2.75, 3.05) is 13.1 Å². The molecule has 2 aromatic carbocycles. The number of primary amides is 1. The highest BCUT2D eigenvalue weighted by Gasteiger charge is 2.19. The number of fused-ring (bicyclic) bond motifs is 1. The molecule has 26 heavy (non-hydrogen) atoms. The molecule has 5 nitrogen and oxygen atoms in total. The smallest absolute Gasteiger partial charge is 0.251 e. The van der Waals surface area contributed by atoms with Crippen molar-refractivity contribution in [1.29, 1.82) is 0 Å². The van der Waals surface area contributed by atoms with Crippen molar-refractivity contribution in [2.24, 2.45) is 5.73 Å². The number of halogens is 2. The fourth-order valence-corrected chi connectivity index (χ4v) is 3.29. The summed E-state index contributed by atoms with van der Waals surface area (Å²) in [7, 11) is 0. The Kier molecular flexibility index (Phi) is 3.86. The van der Waals surface area contributed by atoms with Crippen LogP contribution in [0.3, 0.4) is 0 Å². The average Bonchev–Trinajstić information content (AvgIpc) is 3.11. The molecular weight excluding hydrogens is 338 g/mol. The number of hydrogen-bond acceptors (Lipinski definition) is 3. The molecule has 1 aliphatic rings. The summed E-state index contributed by atoms with van der Waals surface area (Å²) in [5, 5.41) is 7.35. The summed E-state index contributed by atoms with van der Waals surface area (Å²) in [5.41, 5.74) is 6.59. The van der Waals surface area contributed by atoms with Crippen LogP contribution in [0.15, 0.2) is 36.5 Å². The molecule has 3 aromatic rings. The van der Waals surface area contributed by atoms with Gasteiger partial charge in [0.05, 0.1) is 16.6 Å². The monoisotopic (exact) mass is 357 g/mol. The zero-order valence-corrected chi connectivity index (χ0v) is 13.9. The van der Waals surface area contributed by atoms with E-state index in [4.69, 9.17) is 7.10 Å². The maximum absolute atomic E-state index is 14.1. The molecule has 1 aliphatic heterocycles. The summed E-state index contributed by atoms with van der Waals surface area (Å²) >= 11 is 0. The number of hydrogen-bond donors (Lipinski definition) is 2. The lowest BCUT2D eigenvalue weighted by atomic mass is 9.92. The highest BCUT2D eigenvalue weighted by molar-refractivity contribution is 6.04. The Morgan fingerprint density at radius 3 is 2.77 bits per heavy atom. The Balaban J connectivity index is 1.75. The van der Waals surface area contributed by atoms with E-state index in [-0.39, 0.29) is 16.5 Å². The third kappa shape index (κ3) is 2.84. The van der Waals surface area contributed by atoms with Gasteiger partial charge >= 0.3 is 0 Å². The molecule has 1 amide bonds. The molecule has 7 heteroatoms. The molecule has 1 fully saturated rings. The van der Waals surface area contributed by atoms with Crippen LogP contribution in [-0.2, 0) is 0 Å². The molecule has 0 spiro atoms. The van der Waals surface area contributed by atoms with Crippen molar-refractivity contribution in [3.05, 3.63) is 59.3 Å². The molecule has 2 heterocycles. The van der Waals surface area contributed by atoms with E-state index >= 15 is 0 Å². The van der Waals surface area contributed by atoms with Gasteiger partial charge in [-0.3, -0.25) is 4.79 Å². The van der Waals surface area contributed by atoms with Crippen LogP contribution in [-0.4, -0.2) is 28.8 Å². The molecule has 0 aliphatic carbocycles. The summed E-state index contributed by atoms with van der Waals surface area (Å²) in [6.07, 6.45) is 3.04. The van der Waals surface area contributed by atoms with E-state index in [1.165, 1.54) is 10.9 Å². The highest BCUT2D eigenvalue weighted by atomic mass is 19.2. The Bertz CT molecular complexity index is 1030. The van der Waals surface area contributed by atoms with Crippen LogP contribution in [0.5, 0.6) is 0 Å². The zero-order valence-electron chi connectivity index (χ0n) is 14.9. The van der Waals surface area contributed by atoms with Crippen LogP contribution < -0.4 is 11.1 Å². The van der Waals surface area contributed by atoms with Gasteiger partial charge < -0.3 is 11.1 Å². The first-order valence-corrected chi connectivity index (χ1v) is 8.38. The fourth-order valence-electron chi connectivity index (χ4n) is 3.29. The minimum atomic E-state index is -1.15. The first-order valence-electron chi connectivity index (χ1n) is 8.88. The molecule has 0 bridgehead atoms. The Labute approximate surface area is 150 Å². The lowest BCUT2D eigenvalue weighted by molar-refractivity contribution is 0.100. The fraction of sp³-hybridized carbons (Fsp3) is 0.263. The second-order valence-corrected chi connectivity index (χ2v) is 6.35. The first kappa shape index (κ1) is 15.5. The molecule has 4 rings (SSSR count). The van der Waals surface area contributed by atoms with E-state index in [9.17, 15) is 13.6 Å². The van der Waals surface area contributed by atoms with Crippen molar-refractivity contribution in [1.82, 2.24) is 15.1 Å². The molecule has 0 radical (unpaired) electrons. The molecule has 1 atom stereocenters. The van der Waals surface area contributed by atoms with Crippen molar-refractivity contribution in [3.8, 4) is 5.69 Å². The molecule has 1 unspecified atom stereocenters.